The smallest absolute Gasteiger partial charge is 0.246 e. The fourth-order valence-corrected chi connectivity index (χ4v) is 3.34. The maximum absolute atomic E-state index is 12.1. The monoisotopic (exact) mass is 292 g/mol. The highest BCUT2D eigenvalue weighted by Gasteiger charge is 2.29. The molecular weight excluding hydrogens is 268 g/mol. The zero-order valence-corrected chi connectivity index (χ0v) is 12.3. The number of ether oxygens (including phenoxy) is 1. The van der Waals surface area contributed by atoms with Crippen LogP contribution in [0.25, 0.3) is 0 Å². The van der Waals surface area contributed by atoms with Gasteiger partial charge in [-0.1, -0.05) is 0 Å². The van der Waals surface area contributed by atoms with Crippen LogP contribution in [-0.2, 0) is 9.53 Å². The van der Waals surface area contributed by atoms with E-state index >= 15 is 0 Å². The van der Waals surface area contributed by atoms with Crippen LogP contribution in [0.3, 0.4) is 0 Å². The first-order valence-corrected chi connectivity index (χ1v) is 7.92. The first-order valence-electron chi connectivity index (χ1n) is 7.92. The van der Waals surface area contributed by atoms with Crippen molar-refractivity contribution in [3.63, 3.8) is 0 Å². The lowest BCUT2D eigenvalue weighted by Gasteiger charge is -2.24. The quantitative estimate of drug-likeness (QED) is 0.845. The van der Waals surface area contributed by atoms with Gasteiger partial charge in [0.2, 0.25) is 5.91 Å². The van der Waals surface area contributed by atoms with E-state index < -0.39 is 0 Å². The van der Waals surface area contributed by atoms with Crippen molar-refractivity contribution in [3.8, 4) is 0 Å². The molecule has 6 nitrogen and oxygen atoms in total. The third-order valence-electron chi connectivity index (χ3n) is 4.47. The molecule has 3 rings (SSSR count). The molecule has 0 spiro atoms. The summed E-state index contributed by atoms with van der Waals surface area (Å²) in [5.74, 6) is 0.00514. The van der Waals surface area contributed by atoms with Gasteiger partial charge < -0.3 is 19.9 Å². The number of nitrogens with one attached hydrogen (secondary N) is 2. The summed E-state index contributed by atoms with van der Waals surface area (Å²) >= 11 is 0. The van der Waals surface area contributed by atoms with Crippen LogP contribution in [0.1, 0.15) is 38.1 Å². The molecule has 1 aromatic rings. The molecule has 0 radical (unpaired) electrons. The van der Waals surface area contributed by atoms with Crippen LogP contribution in [0.5, 0.6) is 0 Å². The Hall–Kier alpha value is -1.40. The van der Waals surface area contributed by atoms with E-state index in [4.69, 9.17) is 4.74 Å². The zero-order valence-electron chi connectivity index (χ0n) is 12.3. The molecule has 0 bridgehead atoms. The number of imidazole rings is 1. The van der Waals surface area contributed by atoms with Crippen LogP contribution in [0.4, 0.5) is 0 Å². The van der Waals surface area contributed by atoms with Crippen molar-refractivity contribution >= 4 is 5.91 Å². The van der Waals surface area contributed by atoms with Crippen LogP contribution in [-0.4, -0.2) is 47.3 Å². The van der Waals surface area contributed by atoms with Crippen molar-refractivity contribution in [2.45, 2.75) is 50.3 Å². The van der Waals surface area contributed by atoms with Crippen molar-refractivity contribution in [3.05, 3.63) is 18.7 Å². The predicted octanol–water partition coefficient (Wildman–Crippen LogP) is 0.862. The first-order chi connectivity index (χ1) is 10.3. The normalized spacial score (nSPS) is 26.9. The van der Waals surface area contributed by atoms with Gasteiger partial charge in [-0.15, -0.1) is 0 Å². The average molecular weight is 292 g/mol. The highest BCUT2D eigenvalue weighted by Crippen LogP contribution is 2.29. The van der Waals surface area contributed by atoms with Crippen LogP contribution >= 0.6 is 0 Å². The van der Waals surface area contributed by atoms with Gasteiger partial charge in [-0.25, -0.2) is 4.98 Å². The Kier molecular flexibility index (Phi) is 4.87. The number of amides is 1. The third-order valence-corrected chi connectivity index (χ3v) is 4.47. The third kappa shape index (κ3) is 3.83. The second-order valence-corrected chi connectivity index (χ2v) is 5.94. The Balaban J connectivity index is 1.45. The Labute approximate surface area is 125 Å². The van der Waals surface area contributed by atoms with Crippen molar-refractivity contribution in [2.24, 2.45) is 0 Å². The molecule has 2 N–H and O–H groups in total. The standard InChI is InChI=1S/C15H24N4O2/c20-15(10-21-12-4-6-16-7-5-12)18-13-2-1-3-14(13)19-9-8-17-11-19/h8-9,11-14,16H,1-7,10H2,(H,18,20). The van der Waals surface area contributed by atoms with E-state index in [1.807, 2.05) is 12.5 Å². The topological polar surface area (TPSA) is 68.2 Å². The summed E-state index contributed by atoms with van der Waals surface area (Å²) in [6.45, 7) is 2.15. The van der Waals surface area contributed by atoms with E-state index in [1.54, 1.807) is 6.20 Å². The number of aromatic nitrogens is 2. The molecule has 1 amide bonds. The molecule has 1 aliphatic carbocycles. The van der Waals surface area contributed by atoms with E-state index in [0.717, 1.165) is 45.2 Å². The molecule has 1 saturated carbocycles. The summed E-state index contributed by atoms with van der Waals surface area (Å²) in [7, 11) is 0. The highest BCUT2D eigenvalue weighted by atomic mass is 16.5. The van der Waals surface area contributed by atoms with Gasteiger partial charge in [0, 0.05) is 18.4 Å². The second-order valence-electron chi connectivity index (χ2n) is 5.94. The molecule has 0 aromatic carbocycles. The van der Waals surface area contributed by atoms with E-state index in [0.29, 0.717) is 6.04 Å². The van der Waals surface area contributed by atoms with Gasteiger partial charge in [0.1, 0.15) is 6.61 Å². The molecule has 21 heavy (non-hydrogen) atoms. The molecule has 2 aliphatic rings. The second kappa shape index (κ2) is 7.04. The van der Waals surface area contributed by atoms with E-state index in [2.05, 4.69) is 20.2 Å². The molecule has 1 saturated heterocycles. The lowest BCUT2D eigenvalue weighted by Crippen LogP contribution is -2.41. The minimum absolute atomic E-state index is 0.00514. The fourth-order valence-electron chi connectivity index (χ4n) is 3.34. The SMILES string of the molecule is O=C(COC1CCNCC1)NC1CCCC1n1ccnc1. The molecule has 2 heterocycles. The van der Waals surface area contributed by atoms with Gasteiger partial charge >= 0.3 is 0 Å². The Bertz CT molecular complexity index is 443. The van der Waals surface area contributed by atoms with Crippen molar-refractivity contribution in [1.29, 1.82) is 0 Å². The Morgan fingerprint density at radius 2 is 2.19 bits per heavy atom. The van der Waals surface area contributed by atoms with Gasteiger partial charge in [-0.3, -0.25) is 4.79 Å². The fraction of sp³-hybridized carbons (Fsp3) is 0.733. The Morgan fingerprint density at radius 3 is 2.95 bits per heavy atom. The van der Waals surface area contributed by atoms with E-state index in [-0.39, 0.29) is 24.7 Å². The van der Waals surface area contributed by atoms with Crippen LogP contribution in [0.15, 0.2) is 18.7 Å². The highest BCUT2D eigenvalue weighted by molar-refractivity contribution is 5.77. The largest absolute Gasteiger partial charge is 0.368 e. The van der Waals surface area contributed by atoms with E-state index in [9.17, 15) is 4.79 Å². The van der Waals surface area contributed by atoms with Gasteiger partial charge in [0.25, 0.3) is 0 Å². The average Bonchev–Trinajstić information content (AvgIpc) is 3.17. The lowest BCUT2D eigenvalue weighted by atomic mass is 10.1. The summed E-state index contributed by atoms with van der Waals surface area (Å²) in [5.41, 5.74) is 0. The van der Waals surface area contributed by atoms with Crippen LogP contribution in [0, 0.1) is 0 Å². The summed E-state index contributed by atoms with van der Waals surface area (Å²) in [4.78, 5) is 16.2. The number of rotatable bonds is 5. The zero-order chi connectivity index (χ0) is 14.5. The maximum atomic E-state index is 12.1. The van der Waals surface area contributed by atoms with Crippen LogP contribution in [0.2, 0.25) is 0 Å². The molecule has 116 valence electrons. The number of carbonyl (C=O) groups excluding carboxylic acids is 1. The molecule has 2 atom stereocenters. The van der Waals surface area contributed by atoms with Gasteiger partial charge in [-0.05, 0) is 45.2 Å². The summed E-state index contributed by atoms with van der Waals surface area (Å²) in [5, 5.41) is 6.42. The predicted molar refractivity (Wildman–Crippen MR) is 78.9 cm³/mol. The summed E-state index contributed by atoms with van der Waals surface area (Å²) in [6, 6.07) is 0.527. The number of hydrogen-bond acceptors (Lipinski definition) is 4. The minimum Gasteiger partial charge on any atom is -0.368 e. The molecule has 2 unspecified atom stereocenters. The van der Waals surface area contributed by atoms with Crippen LogP contribution < -0.4 is 10.6 Å². The minimum atomic E-state index is 0.00514. The van der Waals surface area contributed by atoms with Crippen molar-refractivity contribution in [2.75, 3.05) is 19.7 Å². The van der Waals surface area contributed by atoms with Crippen molar-refractivity contribution < 1.29 is 9.53 Å². The summed E-state index contributed by atoms with van der Waals surface area (Å²) < 4.78 is 7.81. The van der Waals surface area contributed by atoms with Gasteiger partial charge in [0.15, 0.2) is 0 Å². The van der Waals surface area contributed by atoms with Crippen molar-refractivity contribution in [1.82, 2.24) is 20.2 Å². The molecule has 1 aliphatic heterocycles. The Morgan fingerprint density at radius 1 is 1.33 bits per heavy atom. The molecule has 1 aromatic heterocycles. The molecular formula is C15H24N4O2. The lowest BCUT2D eigenvalue weighted by molar-refractivity contribution is -0.129. The first kappa shape index (κ1) is 14.5. The number of nitrogens with zero attached hydrogens (tertiary/aromatic N) is 2. The van der Waals surface area contributed by atoms with Gasteiger partial charge in [-0.2, -0.15) is 0 Å². The van der Waals surface area contributed by atoms with E-state index in [1.165, 1.54) is 0 Å². The number of hydrogen-bond donors (Lipinski definition) is 2. The molecule has 6 heteroatoms. The number of piperidine rings is 1. The summed E-state index contributed by atoms with van der Waals surface area (Å²) in [6.07, 6.45) is 11.1. The molecule has 2 fully saturated rings. The number of carbonyl (C=O) groups is 1. The maximum Gasteiger partial charge on any atom is 0.246 e. The van der Waals surface area contributed by atoms with Gasteiger partial charge in [0.05, 0.1) is 18.5 Å².